The van der Waals surface area contributed by atoms with Crippen molar-refractivity contribution in [3.63, 3.8) is 0 Å². The molecule has 150 valence electrons. The van der Waals surface area contributed by atoms with Crippen LogP contribution in [0.4, 0.5) is 10.5 Å². The van der Waals surface area contributed by atoms with Crippen LogP contribution in [-0.4, -0.2) is 37.2 Å². The van der Waals surface area contributed by atoms with Gasteiger partial charge in [0.1, 0.15) is 5.57 Å². The van der Waals surface area contributed by atoms with Crippen LogP contribution in [0, 0.1) is 0 Å². The lowest BCUT2D eigenvalue weighted by Gasteiger charge is -2.27. The van der Waals surface area contributed by atoms with E-state index < -0.39 is 17.8 Å². The summed E-state index contributed by atoms with van der Waals surface area (Å²) >= 11 is 12.1. The maximum atomic E-state index is 13.0. The molecule has 0 saturated carbocycles. The predicted octanol–water partition coefficient (Wildman–Crippen LogP) is 3.38. The van der Waals surface area contributed by atoms with Gasteiger partial charge in [-0.3, -0.25) is 14.9 Å². The summed E-state index contributed by atoms with van der Waals surface area (Å²) in [5.74, 6) is -1.87. The van der Waals surface area contributed by atoms with Crippen molar-refractivity contribution in [2.45, 2.75) is 0 Å². The molecule has 2 N–H and O–H groups in total. The maximum Gasteiger partial charge on any atom is 0.336 e. The third-order valence-electron chi connectivity index (χ3n) is 4.09. The number of hydrogen-bond donors (Lipinski definition) is 2. The molecular formula is C19H14Cl2N2O6. The highest BCUT2D eigenvalue weighted by molar-refractivity contribution is 6.46. The highest BCUT2D eigenvalue weighted by atomic mass is 35.5. The molecule has 0 radical (unpaired) electrons. The molecule has 0 spiro atoms. The molecule has 2 aromatic rings. The van der Waals surface area contributed by atoms with Crippen molar-refractivity contribution in [2.24, 2.45) is 0 Å². The number of halogens is 2. The van der Waals surface area contributed by atoms with Crippen molar-refractivity contribution >= 4 is 52.8 Å². The number of phenols is 1. The quantitative estimate of drug-likeness (QED) is 0.562. The number of phenolic OH excluding ortho intramolecular Hbond substituents is 1. The minimum Gasteiger partial charge on any atom is -0.502 e. The van der Waals surface area contributed by atoms with Crippen molar-refractivity contribution in [1.29, 1.82) is 0 Å². The van der Waals surface area contributed by atoms with Gasteiger partial charge in [0.2, 0.25) is 5.75 Å². The first-order valence-electron chi connectivity index (χ1n) is 8.09. The first kappa shape index (κ1) is 20.5. The highest BCUT2D eigenvalue weighted by Crippen LogP contribution is 2.38. The van der Waals surface area contributed by atoms with Crippen LogP contribution in [0.5, 0.6) is 17.2 Å². The van der Waals surface area contributed by atoms with E-state index in [1.54, 1.807) is 0 Å². The number of anilines is 1. The molecule has 3 rings (SSSR count). The lowest BCUT2D eigenvalue weighted by atomic mass is 10.1. The van der Waals surface area contributed by atoms with Crippen LogP contribution in [0.15, 0.2) is 35.9 Å². The fraction of sp³-hybridized carbons (Fsp3) is 0.105. The van der Waals surface area contributed by atoms with E-state index in [4.69, 9.17) is 32.7 Å². The smallest absolute Gasteiger partial charge is 0.336 e. The number of hydrogen-bond acceptors (Lipinski definition) is 6. The number of barbiturate groups is 1. The Hall–Kier alpha value is -3.23. The molecule has 2 aromatic carbocycles. The van der Waals surface area contributed by atoms with E-state index in [1.807, 2.05) is 0 Å². The summed E-state index contributed by atoms with van der Waals surface area (Å²) in [5, 5.41) is 12.2. The Morgan fingerprint density at radius 2 is 1.69 bits per heavy atom. The minimum absolute atomic E-state index is 0.0145. The van der Waals surface area contributed by atoms with E-state index in [2.05, 4.69) is 5.32 Å². The predicted molar refractivity (Wildman–Crippen MR) is 107 cm³/mol. The van der Waals surface area contributed by atoms with Crippen LogP contribution < -0.4 is 19.7 Å². The molecule has 4 amide bonds. The highest BCUT2D eigenvalue weighted by Gasteiger charge is 2.38. The van der Waals surface area contributed by atoms with Gasteiger partial charge >= 0.3 is 6.03 Å². The Kier molecular flexibility index (Phi) is 5.67. The second-order valence-electron chi connectivity index (χ2n) is 5.80. The fourth-order valence-electron chi connectivity index (χ4n) is 2.71. The number of rotatable bonds is 4. The number of urea groups is 1. The summed E-state index contributed by atoms with van der Waals surface area (Å²) in [4.78, 5) is 38.3. The molecule has 0 bridgehead atoms. The monoisotopic (exact) mass is 436 g/mol. The van der Waals surface area contributed by atoms with Gasteiger partial charge in [-0.2, -0.15) is 0 Å². The number of imide groups is 2. The Balaban J connectivity index is 2.10. The van der Waals surface area contributed by atoms with Crippen LogP contribution in [0.3, 0.4) is 0 Å². The van der Waals surface area contributed by atoms with Gasteiger partial charge < -0.3 is 14.6 Å². The summed E-state index contributed by atoms with van der Waals surface area (Å²) in [7, 11) is 2.68. The van der Waals surface area contributed by atoms with Crippen molar-refractivity contribution in [1.82, 2.24) is 5.32 Å². The third kappa shape index (κ3) is 3.72. The van der Waals surface area contributed by atoms with Gasteiger partial charge in [-0.1, -0.05) is 29.3 Å². The van der Waals surface area contributed by atoms with Gasteiger partial charge in [0.15, 0.2) is 11.5 Å². The molecule has 1 fully saturated rings. The van der Waals surface area contributed by atoms with Crippen LogP contribution in [0.25, 0.3) is 6.08 Å². The van der Waals surface area contributed by atoms with Crippen LogP contribution in [-0.2, 0) is 9.59 Å². The van der Waals surface area contributed by atoms with E-state index >= 15 is 0 Å². The number of ether oxygens (including phenoxy) is 2. The SMILES string of the molecule is COc1cc(/C=C2\C(=O)NC(=O)N(c3cccc(Cl)c3Cl)C2=O)cc(OC)c1O. The topological polar surface area (TPSA) is 105 Å². The van der Waals surface area contributed by atoms with E-state index in [0.717, 1.165) is 4.90 Å². The summed E-state index contributed by atoms with van der Waals surface area (Å²) in [6, 6.07) is 6.28. The molecule has 1 aliphatic rings. The zero-order valence-electron chi connectivity index (χ0n) is 15.2. The molecule has 0 atom stereocenters. The van der Waals surface area contributed by atoms with Gasteiger partial charge in [-0.05, 0) is 35.9 Å². The van der Waals surface area contributed by atoms with Crippen molar-refractivity contribution < 1.29 is 29.0 Å². The van der Waals surface area contributed by atoms with Gasteiger partial charge in [-0.15, -0.1) is 0 Å². The number of nitrogens with zero attached hydrogens (tertiary/aromatic N) is 1. The van der Waals surface area contributed by atoms with Crippen molar-refractivity contribution in [3.8, 4) is 17.2 Å². The zero-order valence-corrected chi connectivity index (χ0v) is 16.7. The molecular weight excluding hydrogens is 423 g/mol. The normalized spacial score (nSPS) is 15.5. The number of nitrogens with one attached hydrogen (secondary N) is 1. The Labute approximate surface area is 175 Å². The second kappa shape index (κ2) is 8.02. The number of carbonyl (C=O) groups excluding carboxylic acids is 3. The molecule has 0 aliphatic carbocycles. The van der Waals surface area contributed by atoms with E-state index in [0.29, 0.717) is 5.56 Å². The van der Waals surface area contributed by atoms with Crippen molar-refractivity contribution in [2.75, 3.05) is 19.1 Å². The summed E-state index contributed by atoms with van der Waals surface area (Å²) in [6.07, 6.45) is 1.24. The number of aromatic hydroxyl groups is 1. The van der Waals surface area contributed by atoms with E-state index in [-0.39, 0.29) is 38.6 Å². The molecule has 29 heavy (non-hydrogen) atoms. The van der Waals surface area contributed by atoms with E-state index in [9.17, 15) is 19.5 Å². The average molecular weight is 437 g/mol. The van der Waals surface area contributed by atoms with Crippen LogP contribution >= 0.6 is 23.2 Å². The Morgan fingerprint density at radius 3 is 2.28 bits per heavy atom. The van der Waals surface area contributed by atoms with Crippen LogP contribution in [0.1, 0.15) is 5.56 Å². The third-order valence-corrected chi connectivity index (χ3v) is 4.90. The molecule has 0 unspecified atom stereocenters. The van der Waals surface area contributed by atoms with Crippen LogP contribution in [0.2, 0.25) is 10.0 Å². The van der Waals surface area contributed by atoms with Gasteiger partial charge in [0.05, 0.1) is 30.0 Å². The molecule has 8 nitrogen and oxygen atoms in total. The summed E-state index contributed by atoms with van der Waals surface area (Å²) in [5.41, 5.74) is 0.0119. The lowest BCUT2D eigenvalue weighted by Crippen LogP contribution is -2.54. The standard InChI is InChI=1S/C19H14Cl2N2O6/c1-28-13-7-9(8-14(29-2)16(13)24)6-10-17(25)22-19(27)23(18(10)26)12-5-3-4-11(20)15(12)21/h3-8,24H,1-2H3,(H,22,25,27)/b10-6+. The molecule has 1 aliphatic heterocycles. The number of benzene rings is 2. The molecule has 10 heteroatoms. The zero-order chi connectivity index (χ0) is 21.3. The minimum atomic E-state index is -0.956. The number of carbonyl (C=O) groups is 3. The molecule has 0 aromatic heterocycles. The molecule has 1 saturated heterocycles. The summed E-state index contributed by atoms with van der Waals surface area (Å²) < 4.78 is 10.1. The Morgan fingerprint density at radius 1 is 1.07 bits per heavy atom. The number of amides is 4. The van der Waals surface area contributed by atoms with Gasteiger partial charge in [0, 0.05) is 0 Å². The maximum absolute atomic E-state index is 13.0. The van der Waals surface area contributed by atoms with Crippen molar-refractivity contribution in [3.05, 3.63) is 51.5 Å². The lowest BCUT2D eigenvalue weighted by molar-refractivity contribution is -0.122. The average Bonchev–Trinajstić information content (AvgIpc) is 2.69. The fourth-order valence-corrected chi connectivity index (χ4v) is 3.09. The van der Waals surface area contributed by atoms with E-state index in [1.165, 1.54) is 50.6 Å². The number of methoxy groups -OCH3 is 2. The molecule has 1 heterocycles. The van der Waals surface area contributed by atoms with Gasteiger partial charge in [-0.25, -0.2) is 9.69 Å². The Bertz CT molecular complexity index is 1040. The first-order chi connectivity index (χ1) is 13.8. The largest absolute Gasteiger partial charge is 0.502 e. The first-order valence-corrected chi connectivity index (χ1v) is 8.84. The second-order valence-corrected chi connectivity index (χ2v) is 6.59. The van der Waals surface area contributed by atoms with Gasteiger partial charge in [0.25, 0.3) is 11.8 Å². The summed E-state index contributed by atoms with van der Waals surface area (Å²) in [6.45, 7) is 0.